The lowest BCUT2D eigenvalue weighted by Gasteiger charge is -2.13. The van der Waals surface area contributed by atoms with Gasteiger partial charge in [0.05, 0.1) is 0 Å². The summed E-state index contributed by atoms with van der Waals surface area (Å²) in [5, 5.41) is 0. The Hall–Kier alpha value is -0.900. The molecule has 0 spiro atoms. The molecule has 2 rings (SSSR count). The first-order chi connectivity index (χ1) is 6.27. The van der Waals surface area contributed by atoms with Crippen molar-refractivity contribution < 1.29 is 4.79 Å². The number of aromatic nitrogens is 1. The molecule has 13 heavy (non-hydrogen) atoms. The van der Waals surface area contributed by atoms with Crippen LogP contribution in [0.2, 0.25) is 0 Å². The van der Waals surface area contributed by atoms with Gasteiger partial charge in [0.25, 0.3) is 0 Å². The summed E-state index contributed by atoms with van der Waals surface area (Å²) < 4.78 is 0.768. The van der Waals surface area contributed by atoms with E-state index >= 15 is 0 Å². The molecule has 4 heteroatoms. The largest absolute Gasteiger partial charge is 0.297 e. The fourth-order valence-electron chi connectivity index (χ4n) is 1.44. The van der Waals surface area contributed by atoms with Crippen molar-refractivity contribution in [1.29, 1.82) is 0 Å². The number of hydrogen-bond acceptors (Lipinski definition) is 2. The van der Waals surface area contributed by atoms with E-state index in [0.717, 1.165) is 23.4 Å². The van der Waals surface area contributed by atoms with E-state index in [-0.39, 0.29) is 5.91 Å². The summed E-state index contributed by atoms with van der Waals surface area (Å²) in [6.45, 7) is 0.794. The van der Waals surface area contributed by atoms with E-state index in [1.54, 1.807) is 4.90 Å². The van der Waals surface area contributed by atoms with Crippen molar-refractivity contribution in [2.24, 2.45) is 0 Å². The average molecular weight is 241 g/mol. The van der Waals surface area contributed by atoms with E-state index in [1.165, 1.54) is 0 Å². The molecule has 0 aliphatic carbocycles. The third-order valence-electron chi connectivity index (χ3n) is 2.05. The Kier molecular flexibility index (Phi) is 2.31. The predicted molar refractivity (Wildman–Crippen MR) is 53.5 cm³/mol. The molecule has 0 atom stereocenters. The van der Waals surface area contributed by atoms with E-state index < -0.39 is 0 Å². The second-order valence-corrected chi connectivity index (χ2v) is 3.78. The van der Waals surface area contributed by atoms with Gasteiger partial charge in [0.2, 0.25) is 5.91 Å². The van der Waals surface area contributed by atoms with Crippen LogP contribution in [0.15, 0.2) is 22.8 Å². The first-order valence-corrected chi connectivity index (χ1v) is 4.99. The molecule has 0 N–H and O–H groups in total. The Bertz CT molecular complexity index is 340. The van der Waals surface area contributed by atoms with Crippen LogP contribution in [0.25, 0.3) is 0 Å². The molecular weight excluding hydrogens is 232 g/mol. The summed E-state index contributed by atoms with van der Waals surface area (Å²) in [5.74, 6) is 0.919. The number of amides is 1. The Balaban J connectivity index is 2.29. The number of pyridine rings is 1. The molecule has 0 saturated carbocycles. The van der Waals surface area contributed by atoms with Crippen LogP contribution in [0.5, 0.6) is 0 Å². The maximum atomic E-state index is 11.4. The smallest absolute Gasteiger partial charge is 0.228 e. The van der Waals surface area contributed by atoms with Crippen molar-refractivity contribution in [3.05, 3.63) is 22.8 Å². The van der Waals surface area contributed by atoms with Gasteiger partial charge in [0.15, 0.2) is 0 Å². The summed E-state index contributed by atoms with van der Waals surface area (Å²) in [5.41, 5.74) is 0. The zero-order valence-electron chi connectivity index (χ0n) is 7.03. The summed E-state index contributed by atoms with van der Waals surface area (Å²) in [7, 11) is 0. The molecule has 1 aliphatic rings. The fourth-order valence-corrected chi connectivity index (χ4v) is 1.77. The molecule has 0 radical (unpaired) electrons. The van der Waals surface area contributed by atoms with Crippen LogP contribution in [0.4, 0.5) is 5.82 Å². The Morgan fingerprint density at radius 2 is 2.31 bits per heavy atom. The highest BCUT2D eigenvalue weighted by Gasteiger charge is 2.22. The number of nitrogens with zero attached hydrogens (tertiary/aromatic N) is 2. The van der Waals surface area contributed by atoms with Gasteiger partial charge in [0.1, 0.15) is 10.4 Å². The van der Waals surface area contributed by atoms with E-state index in [1.807, 2.05) is 18.2 Å². The molecule has 1 amide bonds. The molecule has 1 aliphatic heterocycles. The van der Waals surface area contributed by atoms with Gasteiger partial charge in [-0.15, -0.1) is 0 Å². The molecule has 1 fully saturated rings. The standard InChI is InChI=1S/C9H9BrN2O/c10-7-3-1-4-8(11-7)12-6-2-5-9(12)13/h1,3-4H,2,5-6H2. The molecule has 3 nitrogen and oxygen atoms in total. The van der Waals surface area contributed by atoms with Gasteiger partial charge in [-0.05, 0) is 34.5 Å². The summed E-state index contributed by atoms with van der Waals surface area (Å²) >= 11 is 3.28. The van der Waals surface area contributed by atoms with Crippen LogP contribution in [-0.2, 0) is 4.79 Å². The van der Waals surface area contributed by atoms with E-state index in [9.17, 15) is 4.79 Å². The molecule has 0 unspecified atom stereocenters. The van der Waals surface area contributed by atoms with Crippen molar-refractivity contribution in [3.63, 3.8) is 0 Å². The van der Waals surface area contributed by atoms with E-state index in [4.69, 9.17) is 0 Å². The van der Waals surface area contributed by atoms with Gasteiger partial charge in [-0.3, -0.25) is 9.69 Å². The van der Waals surface area contributed by atoms with Crippen molar-refractivity contribution in [1.82, 2.24) is 4.98 Å². The van der Waals surface area contributed by atoms with Crippen LogP contribution in [0, 0.1) is 0 Å². The summed E-state index contributed by atoms with van der Waals surface area (Å²) in [6.07, 6.45) is 1.58. The molecule has 2 heterocycles. The quantitative estimate of drug-likeness (QED) is 0.704. The second kappa shape index (κ2) is 3.46. The van der Waals surface area contributed by atoms with E-state index in [2.05, 4.69) is 20.9 Å². The van der Waals surface area contributed by atoms with Crippen LogP contribution in [0.1, 0.15) is 12.8 Å². The van der Waals surface area contributed by atoms with Gasteiger partial charge in [0, 0.05) is 13.0 Å². The lowest BCUT2D eigenvalue weighted by Crippen LogP contribution is -2.24. The number of halogens is 1. The lowest BCUT2D eigenvalue weighted by atomic mass is 10.4. The zero-order chi connectivity index (χ0) is 9.26. The van der Waals surface area contributed by atoms with Gasteiger partial charge in [-0.2, -0.15) is 0 Å². The second-order valence-electron chi connectivity index (χ2n) is 2.97. The molecule has 1 aromatic heterocycles. The van der Waals surface area contributed by atoms with Gasteiger partial charge in [-0.1, -0.05) is 6.07 Å². The normalized spacial score (nSPS) is 16.7. The highest BCUT2D eigenvalue weighted by atomic mass is 79.9. The molecule has 1 aromatic rings. The van der Waals surface area contributed by atoms with Crippen LogP contribution in [0.3, 0.4) is 0 Å². The highest BCUT2D eigenvalue weighted by Crippen LogP contribution is 2.20. The van der Waals surface area contributed by atoms with Gasteiger partial charge >= 0.3 is 0 Å². The minimum Gasteiger partial charge on any atom is -0.297 e. The Labute approximate surface area is 84.9 Å². The van der Waals surface area contributed by atoms with Crippen molar-refractivity contribution >= 4 is 27.7 Å². The third-order valence-corrected chi connectivity index (χ3v) is 2.49. The highest BCUT2D eigenvalue weighted by molar-refractivity contribution is 9.10. The zero-order valence-corrected chi connectivity index (χ0v) is 8.62. The Morgan fingerprint density at radius 3 is 2.92 bits per heavy atom. The van der Waals surface area contributed by atoms with Crippen molar-refractivity contribution in [3.8, 4) is 0 Å². The Morgan fingerprint density at radius 1 is 1.46 bits per heavy atom. The molecule has 1 saturated heterocycles. The summed E-state index contributed by atoms with van der Waals surface area (Å²) in [4.78, 5) is 17.3. The first kappa shape index (κ1) is 8.69. The van der Waals surface area contributed by atoms with Crippen molar-refractivity contribution in [2.75, 3.05) is 11.4 Å². The first-order valence-electron chi connectivity index (χ1n) is 4.20. The number of hydrogen-bond donors (Lipinski definition) is 0. The van der Waals surface area contributed by atoms with Crippen molar-refractivity contribution in [2.45, 2.75) is 12.8 Å². The monoisotopic (exact) mass is 240 g/mol. The topological polar surface area (TPSA) is 33.2 Å². The van der Waals surface area contributed by atoms with E-state index in [0.29, 0.717) is 6.42 Å². The molecule has 0 bridgehead atoms. The number of anilines is 1. The van der Waals surface area contributed by atoms with Crippen LogP contribution in [-0.4, -0.2) is 17.4 Å². The van der Waals surface area contributed by atoms with Crippen LogP contribution < -0.4 is 4.90 Å². The van der Waals surface area contributed by atoms with Gasteiger partial charge < -0.3 is 0 Å². The predicted octanol–water partition coefficient (Wildman–Crippen LogP) is 1.97. The maximum absolute atomic E-state index is 11.4. The number of rotatable bonds is 1. The maximum Gasteiger partial charge on any atom is 0.228 e. The van der Waals surface area contributed by atoms with Crippen LogP contribution >= 0.6 is 15.9 Å². The third kappa shape index (κ3) is 1.72. The average Bonchev–Trinajstić information content (AvgIpc) is 2.51. The minimum atomic E-state index is 0.172. The fraction of sp³-hybridized carbons (Fsp3) is 0.333. The molecule has 0 aromatic carbocycles. The minimum absolute atomic E-state index is 0.172. The number of carbonyl (C=O) groups excluding carboxylic acids is 1. The molecule has 68 valence electrons. The lowest BCUT2D eigenvalue weighted by molar-refractivity contribution is -0.117. The number of carbonyl (C=O) groups is 1. The molecular formula is C9H9BrN2O. The SMILES string of the molecule is O=C1CCCN1c1cccc(Br)n1. The summed E-state index contributed by atoms with van der Waals surface area (Å²) in [6, 6.07) is 5.59. The van der Waals surface area contributed by atoms with Gasteiger partial charge in [-0.25, -0.2) is 4.98 Å².